The zero-order chi connectivity index (χ0) is 20.1. The van der Waals surface area contributed by atoms with E-state index in [1.807, 2.05) is 30.3 Å². The fraction of sp³-hybridized carbons (Fsp3) is 0.400. The van der Waals surface area contributed by atoms with Crippen molar-refractivity contribution in [3.05, 3.63) is 35.9 Å². The van der Waals surface area contributed by atoms with Gasteiger partial charge in [-0.15, -0.1) is 0 Å². The molecule has 0 aromatic heterocycles. The first kappa shape index (κ1) is 24.2. The lowest BCUT2D eigenvalue weighted by atomic mass is 10.1. The molecule has 0 saturated carbocycles. The van der Waals surface area contributed by atoms with Crippen LogP contribution in [0.1, 0.15) is 5.56 Å². The predicted molar refractivity (Wildman–Crippen MR) is 102 cm³/mol. The van der Waals surface area contributed by atoms with Crippen LogP contribution in [0.15, 0.2) is 30.3 Å². The highest BCUT2D eigenvalue weighted by atomic mass is 33.1. The van der Waals surface area contributed by atoms with E-state index in [9.17, 15) is 14.4 Å². The van der Waals surface area contributed by atoms with Crippen LogP contribution in [-0.2, 0) is 20.8 Å². The van der Waals surface area contributed by atoms with Gasteiger partial charge in [0.2, 0.25) is 0 Å². The Morgan fingerprint density at radius 1 is 0.769 bits per heavy atom. The summed E-state index contributed by atoms with van der Waals surface area (Å²) < 4.78 is 0. The third-order valence-electron chi connectivity index (χ3n) is 2.83. The molecule has 0 unspecified atom stereocenters. The molecule has 11 heteroatoms. The molecule has 0 aliphatic carbocycles. The van der Waals surface area contributed by atoms with Gasteiger partial charge in [0.25, 0.3) is 0 Å². The maximum Gasteiger partial charge on any atom is 0.321 e. The molecule has 0 radical (unpaired) electrons. The second-order valence-electron chi connectivity index (χ2n) is 5.09. The van der Waals surface area contributed by atoms with Gasteiger partial charge in [-0.3, -0.25) is 14.4 Å². The quantitative estimate of drug-likeness (QED) is 0.224. The van der Waals surface area contributed by atoms with Crippen molar-refractivity contribution in [2.45, 2.75) is 24.5 Å². The summed E-state index contributed by atoms with van der Waals surface area (Å²) in [6.45, 7) is 0. The fourth-order valence-corrected chi connectivity index (χ4v) is 3.57. The van der Waals surface area contributed by atoms with Crippen LogP contribution >= 0.6 is 21.6 Å². The largest absolute Gasteiger partial charge is 0.480 e. The third kappa shape index (κ3) is 11.7. The first-order valence-corrected chi connectivity index (χ1v) is 9.87. The summed E-state index contributed by atoms with van der Waals surface area (Å²) >= 11 is 0. The maximum atomic E-state index is 10.4. The van der Waals surface area contributed by atoms with Crippen molar-refractivity contribution in [2.75, 3.05) is 11.5 Å². The molecule has 0 aliphatic rings. The smallest absolute Gasteiger partial charge is 0.321 e. The van der Waals surface area contributed by atoms with Crippen LogP contribution in [0.25, 0.3) is 0 Å². The van der Waals surface area contributed by atoms with Gasteiger partial charge in [-0.25, -0.2) is 0 Å². The van der Waals surface area contributed by atoms with E-state index in [-0.39, 0.29) is 11.5 Å². The SMILES string of the molecule is N[C@@H](CSSC[C@H](N)C(=O)O)C(=O)O.N[C@@H](Cc1ccccc1)C(=O)O. The Bertz CT molecular complexity index is 554. The Labute approximate surface area is 158 Å². The van der Waals surface area contributed by atoms with Crippen LogP contribution in [0.2, 0.25) is 0 Å². The number of benzene rings is 1. The maximum absolute atomic E-state index is 10.4. The van der Waals surface area contributed by atoms with Crippen molar-refractivity contribution in [1.82, 2.24) is 0 Å². The van der Waals surface area contributed by atoms with E-state index >= 15 is 0 Å². The molecular formula is C15H23N3O6S2. The number of aliphatic carboxylic acids is 3. The number of carboxylic acids is 3. The highest BCUT2D eigenvalue weighted by molar-refractivity contribution is 8.76. The first-order chi connectivity index (χ1) is 12.1. The van der Waals surface area contributed by atoms with E-state index < -0.39 is 36.0 Å². The molecule has 0 bridgehead atoms. The summed E-state index contributed by atoms with van der Waals surface area (Å²) in [5, 5.41) is 25.3. The molecule has 9 nitrogen and oxygen atoms in total. The summed E-state index contributed by atoms with van der Waals surface area (Å²) in [6.07, 6.45) is 0.385. The third-order valence-corrected chi connectivity index (χ3v) is 5.30. The Morgan fingerprint density at radius 3 is 1.50 bits per heavy atom. The monoisotopic (exact) mass is 405 g/mol. The Morgan fingerprint density at radius 2 is 1.15 bits per heavy atom. The predicted octanol–water partition coefficient (Wildman–Crippen LogP) is -0.167. The number of rotatable bonds is 10. The molecule has 1 aromatic carbocycles. The van der Waals surface area contributed by atoms with Crippen LogP contribution in [0, 0.1) is 0 Å². The van der Waals surface area contributed by atoms with Crippen molar-refractivity contribution in [3.8, 4) is 0 Å². The molecule has 1 rings (SSSR count). The van der Waals surface area contributed by atoms with Gasteiger partial charge in [-0.2, -0.15) is 0 Å². The molecule has 1 aromatic rings. The Balaban J connectivity index is 0.000000485. The van der Waals surface area contributed by atoms with Crippen LogP contribution in [0.5, 0.6) is 0 Å². The molecular weight excluding hydrogens is 382 g/mol. The molecule has 146 valence electrons. The van der Waals surface area contributed by atoms with Gasteiger partial charge < -0.3 is 32.5 Å². The molecule has 3 atom stereocenters. The summed E-state index contributed by atoms with van der Waals surface area (Å²) in [5.41, 5.74) is 16.7. The van der Waals surface area contributed by atoms with Gasteiger partial charge >= 0.3 is 17.9 Å². The van der Waals surface area contributed by atoms with E-state index in [0.717, 1.165) is 5.56 Å². The van der Waals surface area contributed by atoms with Crippen LogP contribution in [0.4, 0.5) is 0 Å². The van der Waals surface area contributed by atoms with E-state index in [2.05, 4.69) is 0 Å². The van der Waals surface area contributed by atoms with Crippen molar-refractivity contribution < 1.29 is 29.7 Å². The second-order valence-corrected chi connectivity index (χ2v) is 7.65. The van der Waals surface area contributed by atoms with Gasteiger partial charge in [0.05, 0.1) is 0 Å². The zero-order valence-corrected chi connectivity index (χ0v) is 15.5. The van der Waals surface area contributed by atoms with Gasteiger partial charge in [-0.1, -0.05) is 51.9 Å². The van der Waals surface area contributed by atoms with Crippen molar-refractivity contribution in [2.24, 2.45) is 17.2 Å². The van der Waals surface area contributed by atoms with Gasteiger partial charge in [-0.05, 0) is 12.0 Å². The summed E-state index contributed by atoms with van der Waals surface area (Å²) in [7, 11) is 2.41. The number of nitrogens with two attached hydrogens (primary N) is 3. The minimum absolute atomic E-state index is 0.229. The first-order valence-electron chi connectivity index (χ1n) is 7.38. The molecule has 26 heavy (non-hydrogen) atoms. The van der Waals surface area contributed by atoms with Crippen molar-refractivity contribution in [1.29, 1.82) is 0 Å². The number of carboxylic acid groups (broad SMARTS) is 3. The normalized spacial score (nSPS) is 13.7. The molecule has 0 spiro atoms. The molecule has 9 N–H and O–H groups in total. The second kappa shape index (κ2) is 13.4. The van der Waals surface area contributed by atoms with Crippen LogP contribution in [-0.4, -0.2) is 62.9 Å². The number of hydrogen-bond acceptors (Lipinski definition) is 8. The molecule has 0 amide bonds. The van der Waals surface area contributed by atoms with E-state index in [0.29, 0.717) is 6.42 Å². The lowest BCUT2D eigenvalue weighted by Crippen LogP contribution is -2.33. The van der Waals surface area contributed by atoms with Crippen molar-refractivity contribution >= 4 is 39.5 Å². The summed E-state index contributed by atoms with van der Waals surface area (Å²) in [4.78, 5) is 30.9. The molecule has 0 fully saturated rings. The molecule has 0 saturated heterocycles. The van der Waals surface area contributed by atoms with E-state index in [1.165, 1.54) is 21.6 Å². The van der Waals surface area contributed by atoms with Gasteiger partial charge in [0, 0.05) is 11.5 Å². The molecule has 0 aliphatic heterocycles. The number of hydrogen-bond donors (Lipinski definition) is 6. The van der Waals surface area contributed by atoms with E-state index in [1.54, 1.807) is 0 Å². The average molecular weight is 405 g/mol. The molecule has 0 heterocycles. The Kier molecular flexibility index (Phi) is 12.5. The summed E-state index contributed by atoms with van der Waals surface area (Å²) in [5.74, 6) is -2.64. The van der Waals surface area contributed by atoms with Gasteiger partial charge in [0.15, 0.2) is 0 Å². The van der Waals surface area contributed by atoms with Crippen LogP contribution < -0.4 is 17.2 Å². The summed E-state index contributed by atoms with van der Waals surface area (Å²) in [6, 6.07) is 6.70. The van der Waals surface area contributed by atoms with Gasteiger partial charge in [0.1, 0.15) is 18.1 Å². The van der Waals surface area contributed by atoms with Crippen molar-refractivity contribution in [3.63, 3.8) is 0 Å². The Hall–Kier alpha value is -1.79. The zero-order valence-electron chi connectivity index (χ0n) is 13.9. The lowest BCUT2D eigenvalue weighted by molar-refractivity contribution is -0.139. The standard InChI is InChI=1S/C9H11NO2.C6H12N2O4S2/c10-8(9(11)12)6-7-4-2-1-3-5-7;7-3(5(9)10)1-13-14-2-4(8)6(11)12/h1-5,8H,6,10H2,(H,11,12);3-4H,1-2,7-8H2,(H,9,10)(H,11,12)/t8-;3-,4-/m00/s1. The lowest BCUT2D eigenvalue weighted by Gasteiger charge is -2.07. The highest BCUT2D eigenvalue weighted by Crippen LogP contribution is 2.22. The number of carbonyl (C=O) groups is 3. The minimum Gasteiger partial charge on any atom is -0.480 e. The highest BCUT2D eigenvalue weighted by Gasteiger charge is 2.14. The van der Waals surface area contributed by atoms with Crippen LogP contribution in [0.3, 0.4) is 0 Å². The topological polar surface area (TPSA) is 190 Å². The fourth-order valence-electron chi connectivity index (χ4n) is 1.34. The minimum atomic E-state index is -1.07. The van der Waals surface area contributed by atoms with E-state index in [4.69, 9.17) is 32.5 Å². The average Bonchev–Trinajstić information content (AvgIpc) is 2.59.